The minimum absolute atomic E-state index is 0.0709. The smallest absolute Gasteiger partial charge is 0.256 e. The predicted molar refractivity (Wildman–Crippen MR) is 138 cm³/mol. The lowest BCUT2D eigenvalue weighted by molar-refractivity contribution is 0.0729. The van der Waals surface area contributed by atoms with Crippen molar-refractivity contribution in [2.24, 2.45) is 0 Å². The molecule has 0 unspecified atom stereocenters. The molecule has 2 aliphatic rings. The van der Waals surface area contributed by atoms with Crippen molar-refractivity contribution in [3.63, 3.8) is 0 Å². The van der Waals surface area contributed by atoms with Crippen LogP contribution >= 0.6 is 11.6 Å². The fourth-order valence-corrected chi connectivity index (χ4v) is 6.52. The third-order valence-electron chi connectivity index (χ3n) is 6.72. The van der Waals surface area contributed by atoms with Gasteiger partial charge < -0.3 is 10.2 Å². The molecule has 3 aromatic rings. The lowest BCUT2D eigenvalue weighted by Gasteiger charge is -2.28. The Hall–Kier alpha value is -2.87. The standard InChI is InChI=1S/C27H28ClN3O3S/c28-25-12-6-3-9-20(25)19-31-26(23-10-4-5-11-24(23)27(31)32)29-21-13-15-22(16-14-21)35(33,34)30-17-7-1-2-8-18-30/h3-6,9-16,26,29H,1-2,7-8,17-19H2/t26-/m0/s1. The van der Waals surface area contributed by atoms with Gasteiger partial charge >= 0.3 is 0 Å². The van der Waals surface area contributed by atoms with Crippen molar-refractivity contribution >= 4 is 33.2 Å². The molecule has 35 heavy (non-hydrogen) atoms. The van der Waals surface area contributed by atoms with Crippen molar-refractivity contribution in [1.29, 1.82) is 0 Å². The molecule has 0 bridgehead atoms. The number of nitrogens with one attached hydrogen (secondary N) is 1. The third-order valence-corrected chi connectivity index (χ3v) is 9.00. The van der Waals surface area contributed by atoms with Crippen LogP contribution in [-0.4, -0.2) is 36.6 Å². The fraction of sp³-hybridized carbons (Fsp3) is 0.296. The molecule has 182 valence electrons. The van der Waals surface area contributed by atoms with Gasteiger partial charge in [0.2, 0.25) is 10.0 Å². The SMILES string of the molecule is O=C1c2ccccc2[C@@H](Nc2ccc(S(=O)(=O)N3CCCCCC3)cc2)N1Cc1ccccc1Cl. The molecule has 2 heterocycles. The molecule has 8 heteroatoms. The second-order valence-electron chi connectivity index (χ2n) is 9.00. The molecular formula is C27H28ClN3O3S. The minimum Gasteiger partial charge on any atom is -0.361 e. The van der Waals surface area contributed by atoms with E-state index >= 15 is 0 Å². The molecule has 1 saturated heterocycles. The zero-order chi connectivity index (χ0) is 24.4. The molecule has 3 aromatic carbocycles. The summed E-state index contributed by atoms with van der Waals surface area (Å²) < 4.78 is 27.9. The summed E-state index contributed by atoms with van der Waals surface area (Å²) in [5.74, 6) is -0.0709. The maximum Gasteiger partial charge on any atom is 0.256 e. The van der Waals surface area contributed by atoms with Gasteiger partial charge in [-0.05, 0) is 54.8 Å². The Kier molecular flexibility index (Phi) is 6.82. The lowest BCUT2D eigenvalue weighted by Crippen LogP contribution is -2.32. The average Bonchev–Trinajstić information content (AvgIpc) is 3.05. The normalized spacial score (nSPS) is 18.8. The molecule has 1 N–H and O–H groups in total. The van der Waals surface area contributed by atoms with Gasteiger partial charge in [-0.3, -0.25) is 4.79 Å². The monoisotopic (exact) mass is 509 g/mol. The number of hydrogen-bond donors (Lipinski definition) is 1. The van der Waals surface area contributed by atoms with Crippen LogP contribution in [0.3, 0.4) is 0 Å². The zero-order valence-corrected chi connectivity index (χ0v) is 20.9. The van der Waals surface area contributed by atoms with Gasteiger partial charge in [-0.25, -0.2) is 8.42 Å². The molecule has 0 spiro atoms. The number of nitrogens with zero attached hydrogens (tertiary/aromatic N) is 2. The molecule has 0 aliphatic carbocycles. The molecule has 0 aromatic heterocycles. The molecule has 1 amide bonds. The van der Waals surface area contributed by atoms with Crippen LogP contribution in [0.2, 0.25) is 5.02 Å². The Morgan fingerprint density at radius 1 is 0.857 bits per heavy atom. The summed E-state index contributed by atoms with van der Waals surface area (Å²) in [7, 11) is -3.52. The highest BCUT2D eigenvalue weighted by Gasteiger charge is 2.36. The van der Waals surface area contributed by atoms with Crippen LogP contribution in [0.4, 0.5) is 5.69 Å². The van der Waals surface area contributed by atoms with Crippen LogP contribution < -0.4 is 5.32 Å². The van der Waals surface area contributed by atoms with Gasteiger partial charge in [-0.15, -0.1) is 0 Å². The third kappa shape index (κ3) is 4.81. The summed E-state index contributed by atoms with van der Waals surface area (Å²) in [6.07, 6.45) is 3.54. The van der Waals surface area contributed by atoms with Crippen LogP contribution in [0.5, 0.6) is 0 Å². The van der Waals surface area contributed by atoms with Crippen LogP contribution in [0.25, 0.3) is 0 Å². The van der Waals surface area contributed by atoms with E-state index in [1.54, 1.807) is 33.5 Å². The number of sulfonamides is 1. The van der Waals surface area contributed by atoms with E-state index in [4.69, 9.17) is 11.6 Å². The van der Waals surface area contributed by atoms with E-state index in [1.807, 2.05) is 48.5 Å². The highest BCUT2D eigenvalue weighted by Crippen LogP contribution is 2.36. The number of fused-ring (bicyclic) bond motifs is 1. The molecule has 5 rings (SSSR count). The van der Waals surface area contributed by atoms with E-state index in [0.29, 0.717) is 35.1 Å². The number of benzene rings is 3. The molecular weight excluding hydrogens is 482 g/mol. The highest BCUT2D eigenvalue weighted by atomic mass is 35.5. The van der Waals surface area contributed by atoms with Crippen LogP contribution in [0.1, 0.15) is 53.3 Å². The summed E-state index contributed by atoms with van der Waals surface area (Å²) in [5, 5.41) is 4.05. The van der Waals surface area contributed by atoms with Gasteiger partial charge in [0.1, 0.15) is 6.17 Å². The number of hydrogen-bond acceptors (Lipinski definition) is 4. The first-order chi connectivity index (χ1) is 16.9. The maximum absolute atomic E-state index is 13.3. The summed E-state index contributed by atoms with van der Waals surface area (Å²) in [6, 6.07) is 21.9. The molecule has 2 aliphatic heterocycles. The highest BCUT2D eigenvalue weighted by molar-refractivity contribution is 7.89. The van der Waals surface area contributed by atoms with Crippen molar-refractivity contribution < 1.29 is 13.2 Å². The quantitative estimate of drug-likeness (QED) is 0.464. The number of rotatable bonds is 6. The van der Waals surface area contributed by atoms with E-state index in [0.717, 1.165) is 42.5 Å². The first-order valence-corrected chi connectivity index (χ1v) is 13.8. The van der Waals surface area contributed by atoms with Crippen molar-refractivity contribution in [3.05, 3.63) is 94.5 Å². The van der Waals surface area contributed by atoms with Gasteiger partial charge in [-0.2, -0.15) is 4.31 Å². The Balaban J connectivity index is 1.40. The number of anilines is 1. The fourth-order valence-electron chi connectivity index (χ4n) is 4.81. The summed E-state index contributed by atoms with van der Waals surface area (Å²) >= 11 is 6.38. The Labute approximate surface area is 211 Å². The second kappa shape index (κ2) is 10.0. The first-order valence-electron chi connectivity index (χ1n) is 12.0. The van der Waals surface area contributed by atoms with Gasteiger partial charge in [0, 0.05) is 41.5 Å². The van der Waals surface area contributed by atoms with Crippen LogP contribution in [-0.2, 0) is 16.6 Å². The van der Waals surface area contributed by atoms with E-state index in [2.05, 4.69) is 5.32 Å². The van der Waals surface area contributed by atoms with Crippen LogP contribution in [0.15, 0.2) is 77.7 Å². The second-order valence-corrected chi connectivity index (χ2v) is 11.3. The van der Waals surface area contributed by atoms with Gasteiger partial charge in [0.25, 0.3) is 5.91 Å². The molecule has 6 nitrogen and oxygen atoms in total. The zero-order valence-electron chi connectivity index (χ0n) is 19.4. The average molecular weight is 510 g/mol. The lowest BCUT2D eigenvalue weighted by atomic mass is 10.1. The van der Waals surface area contributed by atoms with Gasteiger partial charge in [0.05, 0.1) is 4.90 Å². The minimum atomic E-state index is -3.52. The van der Waals surface area contributed by atoms with Crippen molar-refractivity contribution in [2.45, 2.75) is 43.3 Å². The van der Waals surface area contributed by atoms with E-state index in [-0.39, 0.29) is 5.91 Å². The Morgan fingerprint density at radius 2 is 1.51 bits per heavy atom. The topological polar surface area (TPSA) is 69.7 Å². The van der Waals surface area contributed by atoms with E-state index in [9.17, 15) is 13.2 Å². The first kappa shape index (κ1) is 23.9. The molecule has 1 fully saturated rings. The summed E-state index contributed by atoms with van der Waals surface area (Å²) in [6.45, 7) is 1.49. The van der Waals surface area contributed by atoms with Gasteiger partial charge in [-0.1, -0.05) is 60.8 Å². The number of carbonyl (C=O) groups excluding carboxylic acids is 1. The number of halogens is 1. The molecule has 0 radical (unpaired) electrons. The van der Waals surface area contributed by atoms with E-state index < -0.39 is 16.2 Å². The Morgan fingerprint density at radius 3 is 2.23 bits per heavy atom. The number of carbonyl (C=O) groups is 1. The largest absolute Gasteiger partial charge is 0.361 e. The summed E-state index contributed by atoms with van der Waals surface area (Å²) in [5.41, 5.74) is 3.13. The van der Waals surface area contributed by atoms with Crippen LogP contribution in [0, 0.1) is 0 Å². The summed E-state index contributed by atoms with van der Waals surface area (Å²) in [4.78, 5) is 15.3. The van der Waals surface area contributed by atoms with Gasteiger partial charge in [0.15, 0.2) is 0 Å². The van der Waals surface area contributed by atoms with Crippen molar-refractivity contribution in [3.8, 4) is 0 Å². The Bertz CT molecular complexity index is 1320. The van der Waals surface area contributed by atoms with E-state index in [1.165, 1.54) is 0 Å². The van der Waals surface area contributed by atoms with Crippen molar-refractivity contribution in [1.82, 2.24) is 9.21 Å². The molecule has 0 saturated carbocycles. The molecule has 1 atom stereocenters. The number of amides is 1. The predicted octanol–water partition coefficient (Wildman–Crippen LogP) is 5.67. The maximum atomic E-state index is 13.3. The van der Waals surface area contributed by atoms with Crippen molar-refractivity contribution in [2.75, 3.05) is 18.4 Å².